The van der Waals surface area contributed by atoms with Crippen LogP contribution in [0.4, 0.5) is 5.69 Å². The summed E-state index contributed by atoms with van der Waals surface area (Å²) in [6.07, 6.45) is 0.307. The van der Waals surface area contributed by atoms with Crippen molar-refractivity contribution in [3.8, 4) is 0 Å². The Kier molecular flexibility index (Phi) is 4.79. The Morgan fingerprint density at radius 2 is 1.68 bits per heavy atom. The lowest BCUT2D eigenvalue weighted by Crippen LogP contribution is -2.49. The zero-order valence-corrected chi connectivity index (χ0v) is 11.7. The van der Waals surface area contributed by atoms with Crippen molar-refractivity contribution in [1.82, 2.24) is 4.31 Å². The van der Waals surface area contributed by atoms with Crippen LogP contribution in [0.2, 0.25) is 0 Å². The molecule has 0 aliphatic carbocycles. The average Bonchev–Trinajstić information content (AvgIpc) is 2.46. The summed E-state index contributed by atoms with van der Waals surface area (Å²) in [5.74, 6) is 0.0365. The topological polar surface area (TPSA) is 60.9 Å². The number of nitrogens with zero attached hydrogens (tertiary/aromatic N) is 2. The Bertz CT molecular complexity index is 482. The van der Waals surface area contributed by atoms with Gasteiger partial charge in [0.1, 0.15) is 0 Å². The predicted molar refractivity (Wildman–Crippen MR) is 75.7 cm³/mol. The van der Waals surface area contributed by atoms with Crippen LogP contribution in [0.25, 0.3) is 0 Å². The number of piperazine rings is 1. The van der Waals surface area contributed by atoms with E-state index in [1.165, 1.54) is 4.31 Å². The molecule has 0 radical (unpaired) electrons. The van der Waals surface area contributed by atoms with Crippen LogP contribution in [0.5, 0.6) is 0 Å². The highest BCUT2D eigenvalue weighted by molar-refractivity contribution is 7.89. The molecular weight excluding hydrogens is 264 g/mol. The van der Waals surface area contributed by atoms with E-state index in [0.29, 0.717) is 32.6 Å². The van der Waals surface area contributed by atoms with Gasteiger partial charge in [0, 0.05) is 38.5 Å². The van der Waals surface area contributed by atoms with Crippen LogP contribution < -0.4 is 4.90 Å². The first kappa shape index (κ1) is 14.3. The Balaban J connectivity index is 1.92. The maximum absolute atomic E-state index is 12.0. The molecule has 1 N–H and O–H groups in total. The first-order valence-corrected chi connectivity index (χ1v) is 8.13. The molecule has 0 spiro atoms. The van der Waals surface area contributed by atoms with Gasteiger partial charge in [0.2, 0.25) is 10.0 Å². The maximum Gasteiger partial charge on any atom is 0.214 e. The van der Waals surface area contributed by atoms with Crippen molar-refractivity contribution in [3.05, 3.63) is 30.3 Å². The van der Waals surface area contributed by atoms with Crippen LogP contribution >= 0.6 is 0 Å². The molecule has 106 valence electrons. The standard InChI is InChI=1S/C13H20N2O3S/c16-11-4-12-19(17,18)15-9-7-14(8-10-15)13-5-2-1-3-6-13/h1-3,5-6,16H,4,7-12H2. The Hall–Kier alpha value is -1.11. The number of aliphatic hydroxyl groups excluding tert-OH is 1. The fourth-order valence-electron chi connectivity index (χ4n) is 2.24. The molecule has 0 aromatic heterocycles. The van der Waals surface area contributed by atoms with Crippen LogP contribution in [-0.4, -0.2) is 56.4 Å². The molecule has 1 aliphatic rings. The molecule has 0 bridgehead atoms. The van der Waals surface area contributed by atoms with Gasteiger partial charge in [-0.2, -0.15) is 4.31 Å². The summed E-state index contributed by atoms with van der Waals surface area (Å²) < 4.78 is 25.5. The van der Waals surface area contributed by atoms with E-state index in [9.17, 15) is 8.42 Å². The average molecular weight is 284 g/mol. The van der Waals surface area contributed by atoms with Gasteiger partial charge in [0.05, 0.1) is 5.75 Å². The third-order valence-corrected chi connectivity index (χ3v) is 5.27. The van der Waals surface area contributed by atoms with Gasteiger partial charge in [-0.1, -0.05) is 18.2 Å². The molecule has 1 fully saturated rings. The molecule has 1 saturated heterocycles. The number of sulfonamides is 1. The molecule has 1 aromatic rings. The van der Waals surface area contributed by atoms with E-state index in [0.717, 1.165) is 5.69 Å². The summed E-state index contributed by atoms with van der Waals surface area (Å²) in [6, 6.07) is 10.0. The minimum Gasteiger partial charge on any atom is -0.396 e. The Morgan fingerprint density at radius 3 is 2.26 bits per heavy atom. The molecule has 1 aromatic carbocycles. The second kappa shape index (κ2) is 6.36. The largest absolute Gasteiger partial charge is 0.396 e. The molecular formula is C13H20N2O3S. The van der Waals surface area contributed by atoms with Crippen LogP contribution in [-0.2, 0) is 10.0 Å². The summed E-state index contributed by atoms with van der Waals surface area (Å²) in [7, 11) is -3.20. The molecule has 5 nitrogen and oxygen atoms in total. The summed E-state index contributed by atoms with van der Waals surface area (Å²) in [6.45, 7) is 2.37. The second-order valence-corrected chi connectivity index (χ2v) is 6.70. The summed E-state index contributed by atoms with van der Waals surface area (Å²) >= 11 is 0. The molecule has 2 rings (SSSR count). The smallest absolute Gasteiger partial charge is 0.214 e. The van der Waals surface area contributed by atoms with Gasteiger partial charge in [-0.15, -0.1) is 0 Å². The number of rotatable bonds is 5. The van der Waals surface area contributed by atoms with E-state index in [2.05, 4.69) is 4.90 Å². The van der Waals surface area contributed by atoms with Gasteiger partial charge in [-0.3, -0.25) is 0 Å². The van der Waals surface area contributed by atoms with Crippen molar-refractivity contribution in [2.75, 3.05) is 43.4 Å². The number of aliphatic hydroxyl groups is 1. The van der Waals surface area contributed by atoms with E-state index < -0.39 is 10.0 Å². The number of para-hydroxylation sites is 1. The second-order valence-electron chi connectivity index (χ2n) is 4.61. The van der Waals surface area contributed by atoms with E-state index in [1.54, 1.807) is 0 Å². The molecule has 1 heterocycles. The quantitative estimate of drug-likeness (QED) is 0.856. The van der Waals surface area contributed by atoms with Gasteiger partial charge in [0.15, 0.2) is 0 Å². The van der Waals surface area contributed by atoms with E-state index in [1.807, 2.05) is 30.3 Å². The van der Waals surface area contributed by atoms with Gasteiger partial charge in [-0.25, -0.2) is 8.42 Å². The van der Waals surface area contributed by atoms with Gasteiger partial charge >= 0.3 is 0 Å². The van der Waals surface area contributed by atoms with Crippen molar-refractivity contribution in [2.45, 2.75) is 6.42 Å². The van der Waals surface area contributed by atoms with Crippen LogP contribution in [0.1, 0.15) is 6.42 Å². The third kappa shape index (κ3) is 3.68. The van der Waals surface area contributed by atoms with Crippen molar-refractivity contribution in [1.29, 1.82) is 0 Å². The normalized spacial score (nSPS) is 17.6. The fourth-order valence-corrected chi connectivity index (χ4v) is 3.71. The van der Waals surface area contributed by atoms with Gasteiger partial charge < -0.3 is 10.0 Å². The van der Waals surface area contributed by atoms with Gasteiger partial charge in [0.25, 0.3) is 0 Å². The zero-order chi connectivity index (χ0) is 13.7. The third-order valence-electron chi connectivity index (χ3n) is 3.31. The number of hydrogen-bond donors (Lipinski definition) is 1. The number of anilines is 1. The molecule has 19 heavy (non-hydrogen) atoms. The van der Waals surface area contributed by atoms with E-state index >= 15 is 0 Å². The van der Waals surface area contributed by atoms with E-state index in [-0.39, 0.29) is 12.4 Å². The molecule has 0 atom stereocenters. The van der Waals surface area contributed by atoms with E-state index in [4.69, 9.17) is 5.11 Å². The summed E-state index contributed by atoms with van der Waals surface area (Å²) in [4.78, 5) is 2.19. The predicted octanol–water partition coefficient (Wildman–Crippen LogP) is 0.521. The highest BCUT2D eigenvalue weighted by Gasteiger charge is 2.26. The molecule has 0 saturated carbocycles. The Morgan fingerprint density at radius 1 is 1.05 bits per heavy atom. The molecule has 6 heteroatoms. The summed E-state index contributed by atoms with van der Waals surface area (Å²) in [5.41, 5.74) is 1.13. The minimum absolute atomic E-state index is 0.0365. The number of hydrogen-bond acceptors (Lipinski definition) is 4. The molecule has 0 unspecified atom stereocenters. The van der Waals surface area contributed by atoms with Crippen LogP contribution in [0, 0.1) is 0 Å². The lowest BCUT2D eigenvalue weighted by atomic mass is 10.2. The maximum atomic E-state index is 12.0. The van der Waals surface area contributed by atoms with Crippen molar-refractivity contribution in [2.24, 2.45) is 0 Å². The zero-order valence-electron chi connectivity index (χ0n) is 10.9. The SMILES string of the molecule is O=S(=O)(CCCO)N1CCN(c2ccccc2)CC1. The van der Waals surface area contributed by atoms with Crippen molar-refractivity contribution < 1.29 is 13.5 Å². The molecule has 1 aliphatic heterocycles. The lowest BCUT2D eigenvalue weighted by molar-refractivity contribution is 0.293. The fraction of sp³-hybridized carbons (Fsp3) is 0.538. The highest BCUT2D eigenvalue weighted by atomic mass is 32.2. The Labute approximate surface area is 114 Å². The first-order chi connectivity index (χ1) is 9.13. The van der Waals surface area contributed by atoms with Crippen molar-refractivity contribution in [3.63, 3.8) is 0 Å². The van der Waals surface area contributed by atoms with Crippen LogP contribution in [0.15, 0.2) is 30.3 Å². The van der Waals surface area contributed by atoms with Gasteiger partial charge in [-0.05, 0) is 18.6 Å². The minimum atomic E-state index is -3.20. The summed E-state index contributed by atoms with van der Waals surface area (Å²) in [5, 5.41) is 8.73. The lowest BCUT2D eigenvalue weighted by Gasteiger charge is -2.35. The van der Waals surface area contributed by atoms with Crippen molar-refractivity contribution >= 4 is 15.7 Å². The monoisotopic (exact) mass is 284 g/mol. The first-order valence-electron chi connectivity index (χ1n) is 6.52. The number of benzene rings is 1. The molecule has 0 amide bonds. The van der Waals surface area contributed by atoms with Crippen LogP contribution in [0.3, 0.4) is 0 Å². The highest BCUT2D eigenvalue weighted by Crippen LogP contribution is 2.17.